The van der Waals surface area contributed by atoms with Crippen LogP contribution in [-0.4, -0.2) is 103 Å². The molecule has 1 aromatic carbocycles. The first kappa shape index (κ1) is 35.6. The molecule has 268 valence electrons. The summed E-state index contributed by atoms with van der Waals surface area (Å²) in [7, 11) is 3.51. The fourth-order valence-electron chi connectivity index (χ4n) is 7.92. The molecule has 6 rings (SSSR count). The van der Waals surface area contributed by atoms with Crippen LogP contribution >= 0.6 is 22.9 Å². The molecule has 1 aromatic heterocycles. The number of alkyl halides is 3. The first-order valence-corrected chi connectivity index (χ1v) is 18.4. The Hall–Kier alpha value is -3.23. The predicted molar refractivity (Wildman–Crippen MR) is 185 cm³/mol. The number of benzene rings is 1. The standard InChI is InChI=1S/C34H45ClF3N7O3S/c1-39-29-26(34(36,37)38)17-21(18-27(29)35)19-28(31(46)43-12-5-23(6-13-43)22-3-10-42(2)11-4-22)40-32(47)44-14-7-25(8-15-44)45-20-24-9-16-49-30(24)41-33(45)48/h9,16-18,22-23,25,28,39H,3-8,10-15,19-20H2,1-2H3,(H,40,47)(H,41,48)/t28-/m1/s1. The van der Waals surface area contributed by atoms with Gasteiger partial charge >= 0.3 is 18.2 Å². The number of anilines is 2. The Morgan fingerprint density at radius 2 is 1.63 bits per heavy atom. The maximum absolute atomic E-state index is 14.1. The summed E-state index contributed by atoms with van der Waals surface area (Å²) in [6.45, 7) is 4.51. The summed E-state index contributed by atoms with van der Waals surface area (Å²) >= 11 is 7.79. The molecular formula is C34H45ClF3N7O3S. The SMILES string of the molecule is CNc1c(Cl)cc(C[C@@H](NC(=O)N2CCC(N3Cc4ccsc4NC3=O)CC2)C(=O)N2CCC(C3CCN(C)CC3)CC2)cc1C(F)(F)F. The summed E-state index contributed by atoms with van der Waals surface area (Å²) in [4.78, 5) is 48.1. The van der Waals surface area contributed by atoms with Crippen LogP contribution in [0.2, 0.25) is 5.02 Å². The minimum atomic E-state index is -4.67. The number of thiophene rings is 1. The van der Waals surface area contributed by atoms with Crippen molar-refractivity contribution in [2.45, 2.75) is 69.8 Å². The van der Waals surface area contributed by atoms with Gasteiger partial charge in [0.15, 0.2) is 0 Å². The van der Waals surface area contributed by atoms with Crippen molar-refractivity contribution >= 4 is 51.6 Å². The Labute approximate surface area is 294 Å². The van der Waals surface area contributed by atoms with Gasteiger partial charge in [-0.2, -0.15) is 13.2 Å². The molecule has 3 saturated heterocycles. The summed E-state index contributed by atoms with van der Waals surface area (Å²) in [5.74, 6) is 0.857. The average Bonchev–Trinajstić information content (AvgIpc) is 3.54. The van der Waals surface area contributed by atoms with E-state index in [1.54, 1.807) is 9.80 Å². The smallest absolute Gasteiger partial charge is 0.386 e. The maximum atomic E-state index is 14.1. The molecule has 0 saturated carbocycles. The molecule has 4 aliphatic heterocycles. The summed E-state index contributed by atoms with van der Waals surface area (Å²) in [6.07, 6.45) is 0.355. The van der Waals surface area contributed by atoms with Gasteiger partial charge in [-0.15, -0.1) is 11.3 Å². The number of likely N-dealkylation sites (tertiary alicyclic amines) is 3. The van der Waals surface area contributed by atoms with Gasteiger partial charge in [-0.25, -0.2) is 9.59 Å². The third kappa shape index (κ3) is 8.06. The fourth-order valence-corrected chi connectivity index (χ4v) is 9.05. The molecule has 10 nitrogen and oxygen atoms in total. The molecule has 5 amide bonds. The summed E-state index contributed by atoms with van der Waals surface area (Å²) in [5.41, 5.74) is 0.116. The number of fused-ring (bicyclic) bond motifs is 1. The highest BCUT2D eigenvalue weighted by molar-refractivity contribution is 7.14. The number of urea groups is 2. The Morgan fingerprint density at radius 1 is 1.00 bits per heavy atom. The van der Waals surface area contributed by atoms with Crippen LogP contribution in [0.5, 0.6) is 0 Å². The maximum Gasteiger partial charge on any atom is 0.418 e. The van der Waals surface area contributed by atoms with Crippen molar-refractivity contribution in [3.8, 4) is 0 Å². The zero-order valence-electron chi connectivity index (χ0n) is 28.0. The van der Waals surface area contributed by atoms with E-state index < -0.39 is 23.8 Å². The Bertz CT molecular complexity index is 1520. The van der Waals surface area contributed by atoms with Crippen molar-refractivity contribution in [2.24, 2.45) is 11.8 Å². The van der Waals surface area contributed by atoms with Crippen LogP contribution in [0.25, 0.3) is 0 Å². The van der Waals surface area contributed by atoms with Gasteiger partial charge in [0.25, 0.3) is 0 Å². The van der Waals surface area contributed by atoms with E-state index in [4.69, 9.17) is 11.6 Å². The van der Waals surface area contributed by atoms with Crippen LogP contribution in [0.15, 0.2) is 23.6 Å². The van der Waals surface area contributed by atoms with E-state index in [1.807, 2.05) is 16.3 Å². The number of amides is 5. The molecule has 0 radical (unpaired) electrons. The van der Waals surface area contributed by atoms with Crippen LogP contribution < -0.4 is 16.0 Å². The largest absolute Gasteiger partial charge is 0.418 e. The van der Waals surface area contributed by atoms with Crippen molar-refractivity contribution in [1.29, 1.82) is 0 Å². The quantitative estimate of drug-likeness (QED) is 0.317. The molecule has 0 aliphatic carbocycles. The van der Waals surface area contributed by atoms with Crippen molar-refractivity contribution in [3.05, 3.63) is 45.3 Å². The van der Waals surface area contributed by atoms with E-state index in [9.17, 15) is 27.6 Å². The highest BCUT2D eigenvalue weighted by atomic mass is 35.5. The second-order valence-electron chi connectivity index (χ2n) is 13.8. The topological polar surface area (TPSA) is 100 Å². The van der Waals surface area contributed by atoms with Crippen LogP contribution in [0, 0.1) is 11.8 Å². The number of hydrogen-bond donors (Lipinski definition) is 3. The molecule has 15 heteroatoms. The molecule has 0 spiro atoms. The molecule has 5 heterocycles. The number of nitrogens with zero attached hydrogens (tertiary/aromatic N) is 4. The van der Waals surface area contributed by atoms with Gasteiger partial charge in [-0.3, -0.25) is 10.1 Å². The highest BCUT2D eigenvalue weighted by Gasteiger charge is 2.38. The number of halogens is 4. The molecular weight excluding hydrogens is 679 g/mol. The number of rotatable bonds is 7. The summed E-state index contributed by atoms with van der Waals surface area (Å²) in [5, 5.41) is 11.1. The van der Waals surface area contributed by atoms with E-state index in [2.05, 4.69) is 27.9 Å². The van der Waals surface area contributed by atoms with Crippen LogP contribution in [0.4, 0.5) is 33.4 Å². The Balaban J connectivity index is 1.14. The minimum Gasteiger partial charge on any atom is -0.386 e. The normalized spacial score (nSPS) is 20.9. The fraction of sp³-hybridized carbons (Fsp3) is 0.618. The molecule has 3 N–H and O–H groups in total. The lowest BCUT2D eigenvalue weighted by molar-refractivity contribution is -0.137. The van der Waals surface area contributed by atoms with E-state index in [0.717, 1.165) is 55.4 Å². The van der Waals surface area contributed by atoms with Crippen LogP contribution in [0.1, 0.15) is 55.2 Å². The molecule has 3 fully saturated rings. The zero-order chi connectivity index (χ0) is 34.9. The molecule has 2 aromatic rings. The molecule has 49 heavy (non-hydrogen) atoms. The van der Waals surface area contributed by atoms with E-state index >= 15 is 0 Å². The lowest BCUT2D eigenvalue weighted by atomic mass is 9.79. The third-order valence-electron chi connectivity index (χ3n) is 10.8. The molecule has 0 bridgehead atoms. The minimum absolute atomic E-state index is 0.0472. The van der Waals surface area contributed by atoms with Crippen LogP contribution in [-0.2, 0) is 23.9 Å². The Morgan fingerprint density at radius 3 is 2.27 bits per heavy atom. The van der Waals surface area contributed by atoms with Gasteiger partial charge in [-0.05, 0) is 99.6 Å². The van der Waals surface area contributed by atoms with Gasteiger partial charge in [0.05, 0.1) is 22.8 Å². The monoisotopic (exact) mass is 723 g/mol. The number of piperidine rings is 3. The lowest BCUT2D eigenvalue weighted by Crippen LogP contribution is -2.57. The van der Waals surface area contributed by atoms with E-state index in [0.29, 0.717) is 57.4 Å². The first-order chi connectivity index (χ1) is 23.4. The number of carbonyl (C=O) groups is 3. The van der Waals surface area contributed by atoms with Gasteiger partial charge < -0.3 is 30.2 Å². The van der Waals surface area contributed by atoms with E-state index in [-0.39, 0.29) is 40.7 Å². The van der Waals surface area contributed by atoms with Crippen molar-refractivity contribution in [2.75, 3.05) is 64.0 Å². The van der Waals surface area contributed by atoms with Gasteiger partial charge in [-0.1, -0.05) is 11.6 Å². The zero-order valence-corrected chi connectivity index (χ0v) is 29.5. The number of hydrogen-bond acceptors (Lipinski definition) is 6. The molecule has 0 unspecified atom stereocenters. The van der Waals surface area contributed by atoms with Gasteiger partial charge in [0.2, 0.25) is 5.91 Å². The van der Waals surface area contributed by atoms with Gasteiger partial charge in [0.1, 0.15) is 11.0 Å². The van der Waals surface area contributed by atoms with Crippen molar-refractivity contribution < 1.29 is 27.6 Å². The van der Waals surface area contributed by atoms with Crippen LogP contribution in [0.3, 0.4) is 0 Å². The second-order valence-corrected chi connectivity index (χ2v) is 15.1. The highest BCUT2D eigenvalue weighted by Crippen LogP contribution is 2.40. The van der Waals surface area contributed by atoms with Gasteiger partial charge in [0, 0.05) is 51.3 Å². The lowest BCUT2D eigenvalue weighted by Gasteiger charge is -2.41. The molecule has 1 atom stereocenters. The Kier molecular flexibility index (Phi) is 10.9. The average molecular weight is 724 g/mol. The summed E-state index contributed by atoms with van der Waals surface area (Å²) < 4.78 is 42.0. The van der Waals surface area contributed by atoms with Crippen molar-refractivity contribution in [1.82, 2.24) is 24.9 Å². The molecule has 4 aliphatic rings. The summed E-state index contributed by atoms with van der Waals surface area (Å²) in [6, 6.07) is 2.71. The van der Waals surface area contributed by atoms with E-state index in [1.165, 1.54) is 24.5 Å². The number of carbonyl (C=O) groups excluding carboxylic acids is 3. The first-order valence-electron chi connectivity index (χ1n) is 17.2. The van der Waals surface area contributed by atoms with Crippen molar-refractivity contribution in [3.63, 3.8) is 0 Å². The second kappa shape index (κ2) is 14.9. The number of nitrogens with one attached hydrogen (secondary N) is 3. The predicted octanol–water partition coefficient (Wildman–Crippen LogP) is 6.18. The third-order valence-corrected chi connectivity index (χ3v) is 12.0.